The van der Waals surface area contributed by atoms with Crippen molar-refractivity contribution in [3.05, 3.63) is 54.1 Å². The van der Waals surface area contributed by atoms with E-state index in [0.717, 1.165) is 44.0 Å². The monoisotopic (exact) mass is 491 g/mol. The fourth-order valence-corrected chi connectivity index (χ4v) is 3.87. The molecule has 0 bridgehead atoms. The Kier molecular flexibility index (Phi) is 10.6. The molecule has 0 aliphatic heterocycles. The highest BCUT2D eigenvalue weighted by molar-refractivity contribution is 7.92. The highest BCUT2D eigenvalue weighted by Gasteiger charge is 2.04. The quantitative estimate of drug-likeness (QED) is 0.442. The lowest BCUT2D eigenvalue weighted by Crippen LogP contribution is -2.23. The molecule has 11 heteroatoms. The van der Waals surface area contributed by atoms with Gasteiger partial charge in [0.25, 0.3) is 0 Å². The maximum atomic E-state index is 11.2. The van der Waals surface area contributed by atoms with Crippen molar-refractivity contribution in [1.29, 1.82) is 0 Å². The lowest BCUT2D eigenvalue weighted by molar-refractivity contribution is 0.264. The van der Waals surface area contributed by atoms with Gasteiger partial charge in [-0.1, -0.05) is 12.1 Å². The zero-order valence-corrected chi connectivity index (χ0v) is 20.3. The molecule has 0 aliphatic rings. The number of halogens is 1. The second kappa shape index (κ2) is 12.1. The minimum absolute atomic E-state index is 0. The van der Waals surface area contributed by atoms with Crippen LogP contribution in [-0.4, -0.2) is 61.0 Å². The van der Waals surface area contributed by atoms with Crippen LogP contribution in [-0.2, 0) is 26.5 Å². The van der Waals surface area contributed by atoms with Crippen molar-refractivity contribution in [1.82, 2.24) is 4.90 Å². The molecule has 0 heterocycles. The molecule has 0 saturated heterocycles. The highest BCUT2D eigenvalue weighted by Crippen LogP contribution is 2.16. The Morgan fingerprint density at radius 1 is 0.806 bits per heavy atom. The van der Waals surface area contributed by atoms with Crippen LogP contribution in [0, 0.1) is 0 Å². The molecule has 0 aromatic heterocycles. The second-order valence-electron chi connectivity index (χ2n) is 7.23. The topological polar surface area (TPSA) is 105 Å². The number of benzene rings is 2. The number of ether oxygens (including phenoxy) is 1. The number of nitrogens with one attached hydrogen (secondary N) is 2. The minimum atomic E-state index is -3.28. The average Bonchev–Trinajstić information content (AvgIpc) is 2.63. The van der Waals surface area contributed by atoms with Crippen molar-refractivity contribution >= 4 is 43.8 Å². The summed E-state index contributed by atoms with van der Waals surface area (Å²) >= 11 is 0. The predicted molar refractivity (Wildman–Crippen MR) is 128 cm³/mol. The molecule has 0 spiro atoms. The molecule has 31 heavy (non-hydrogen) atoms. The Bertz CT molecular complexity index is 1010. The van der Waals surface area contributed by atoms with Gasteiger partial charge < -0.3 is 9.64 Å². The van der Waals surface area contributed by atoms with Crippen LogP contribution in [0.2, 0.25) is 0 Å². The van der Waals surface area contributed by atoms with Crippen molar-refractivity contribution in [3.63, 3.8) is 0 Å². The van der Waals surface area contributed by atoms with E-state index in [-0.39, 0.29) is 12.4 Å². The van der Waals surface area contributed by atoms with Gasteiger partial charge in [0, 0.05) is 24.5 Å². The van der Waals surface area contributed by atoms with Gasteiger partial charge in [-0.3, -0.25) is 9.44 Å². The van der Waals surface area contributed by atoms with E-state index in [0.29, 0.717) is 23.7 Å². The highest BCUT2D eigenvalue weighted by atomic mass is 35.5. The molecule has 0 atom stereocenters. The van der Waals surface area contributed by atoms with Crippen LogP contribution in [0.15, 0.2) is 48.5 Å². The zero-order chi connectivity index (χ0) is 22.2. The van der Waals surface area contributed by atoms with Crippen LogP contribution < -0.4 is 14.2 Å². The van der Waals surface area contributed by atoms with E-state index in [1.807, 2.05) is 19.2 Å². The molecule has 0 aliphatic carbocycles. The average molecular weight is 492 g/mol. The smallest absolute Gasteiger partial charge is 0.229 e. The Labute approximate surface area is 191 Å². The third-order valence-corrected chi connectivity index (χ3v) is 5.36. The van der Waals surface area contributed by atoms with E-state index in [4.69, 9.17) is 4.74 Å². The van der Waals surface area contributed by atoms with Crippen molar-refractivity contribution in [2.45, 2.75) is 12.8 Å². The molecule has 0 fully saturated rings. The molecule has 2 rings (SSSR count). The van der Waals surface area contributed by atoms with E-state index in [1.54, 1.807) is 36.4 Å². The van der Waals surface area contributed by atoms with Crippen LogP contribution in [0.5, 0.6) is 5.75 Å². The Morgan fingerprint density at radius 2 is 1.29 bits per heavy atom. The van der Waals surface area contributed by atoms with Crippen LogP contribution in [0.4, 0.5) is 11.4 Å². The summed E-state index contributed by atoms with van der Waals surface area (Å²) < 4.78 is 55.4. The number of sulfonamides is 2. The van der Waals surface area contributed by atoms with Gasteiger partial charge in [-0.05, 0) is 61.9 Å². The lowest BCUT2D eigenvalue weighted by Gasteiger charge is -2.17. The first-order valence-electron chi connectivity index (χ1n) is 9.46. The zero-order valence-electron chi connectivity index (χ0n) is 17.9. The standard InChI is InChI=1S/C20H29N3O5S2.ClH/c1-23(15-13-17-5-7-18(8-6-17)21-29(2,24)25)14-4-16-28-20-11-9-19(10-12-20)22-30(3,26)27;/h5-12,21-22H,4,13-16H2,1-3H3;1H. The number of hydrogen-bond donors (Lipinski definition) is 2. The van der Waals surface area contributed by atoms with Gasteiger partial charge in [0.1, 0.15) is 5.75 Å². The molecule has 2 aromatic carbocycles. The summed E-state index contributed by atoms with van der Waals surface area (Å²) in [5, 5.41) is 0. The van der Waals surface area contributed by atoms with Crippen molar-refractivity contribution in [2.75, 3.05) is 48.7 Å². The van der Waals surface area contributed by atoms with Crippen molar-refractivity contribution < 1.29 is 21.6 Å². The summed E-state index contributed by atoms with van der Waals surface area (Å²) in [6.07, 6.45) is 3.96. The van der Waals surface area contributed by atoms with Gasteiger partial charge in [0.05, 0.1) is 19.1 Å². The van der Waals surface area contributed by atoms with Crippen LogP contribution in [0.1, 0.15) is 12.0 Å². The molecule has 8 nitrogen and oxygen atoms in total. The second-order valence-corrected chi connectivity index (χ2v) is 10.7. The SMILES string of the molecule is CN(CCCOc1ccc(NS(C)(=O)=O)cc1)CCc1ccc(NS(C)(=O)=O)cc1.Cl. The third-order valence-electron chi connectivity index (χ3n) is 4.15. The van der Waals surface area contributed by atoms with Crippen LogP contribution in [0.25, 0.3) is 0 Å². The van der Waals surface area contributed by atoms with Gasteiger partial charge >= 0.3 is 0 Å². The van der Waals surface area contributed by atoms with E-state index in [9.17, 15) is 16.8 Å². The van der Waals surface area contributed by atoms with Crippen LogP contribution >= 0.6 is 12.4 Å². The fraction of sp³-hybridized carbons (Fsp3) is 0.400. The molecule has 2 N–H and O–H groups in total. The maximum absolute atomic E-state index is 11.2. The van der Waals surface area contributed by atoms with Gasteiger partial charge in [-0.15, -0.1) is 12.4 Å². The van der Waals surface area contributed by atoms with E-state index in [2.05, 4.69) is 14.3 Å². The number of rotatable bonds is 12. The number of likely N-dealkylation sites (N-methyl/N-ethyl adjacent to an activating group) is 1. The van der Waals surface area contributed by atoms with Crippen molar-refractivity contribution in [3.8, 4) is 5.75 Å². The summed E-state index contributed by atoms with van der Waals surface area (Å²) in [7, 11) is -4.49. The number of nitrogens with zero attached hydrogens (tertiary/aromatic N) is 1. The maximum Gasteiger partial charge on any atom is 0.229 e. The van der Waals surface area contributed by atoms with Gasteiger partial charge in [0.2, 0.25) is 20.0 Å². The van der Waals surface area contributed by atoms with E-state index >= 15 is 0 Å². The van der Waals surface area contributed by atoms with Gasteiger partial charge in [-0.25, -0.2) is 16.8 Å². The summed E-state index contributed by atoms with van der Waals surface area (Å²) in [4.78, 5) is 2.21. The largest absolute Gasteiger partial charge is 0.494 e. The van der Waals surface area contributed by atoms with Gasteiger partial charge in [0.15, 0.2) is 0 Å². The van der Waals surface area contributed by atoms with Gasteiger partial charge in [-0.2, -0.15) is 0 Å². The summed E-state index contributed by atoms with van der Waals surface area (Å²) in [6, 6.07) is 14.2. The molecular formula is C20H30ClN3O5S2. The Balaban J connectivity index is 0.00000480. The molecule has 174 valence electrons. The molecule has 2 aromatic rings. The first kappa shape index (κ1) is 27.0. The Morgan fingerprint density at radius 3 is 1.77 bits per heavy atom. The summed E-state index contributed by atoms with van der Waals surface area (Å²) in [6.45, 7) is 2.32. The normalized spacial score (nSPS) is 11.6. The van der Waals surface area contributed by atoms with Crippen molar-refractivity contribution in [2.24, 2.45) is 0 Å². The predicted octanol–water partition coefficient (Wildman–Crippen LogP) is 2.79. The van der Waals surface area contributed by atoms with Crippen LogP contribution in [0.3, 0.4) is 0 Å². The Hall–Kier alpha value is -2.01. The summed E-state index contributed by atoms with van der Waals surface area (Å²) in [5.74, 6) is 0.694. The van der Waals surface area contributed by atoms with E-state index in [1.165, 1.54) is 0 Å². The third kappa shape index (κ3) is 11.8. The first-order valence-corrected chi connectivity index (χ1v) is 13.2. The number of anilines is 2. The lowest BCUT2D eigenvalue weighted by atomic mass is 10.1. The molecule has 0 amide bonds. The molecule has 0 unspecified atom stereocenters. The fourth-order valence-electron chi connectivity index (χ4n) is 2.74. The van der Waals surface area contributed by atoms with E-state index < -0.39 is 20.0 Å². The first-order chi connectivity index (χ1) is 14.0. The molecular weight excluding hydrogens is 462 g/mol. The molecule has 0 radical (unpaired) electrons. The minimum Gasteiger partial charge on any atom is -0.494 e. The summed E-state index contributed by atoms with van der Waals surface area (Å²) in [5.41, 5.74) is 2.21. The number of hydrogen-bond acceptors (Lipinski definition) is 6. The molecule has 0 saturated carbocycles.